The number of para-hydroxylation sites is 2. The van der Waals surface area contributed by atoms with Crippen LogP contribution in [0.3, 0.4) is 0 Å². The molecule has 0 radical (unpaired) electrons. The maximum atomic E-state index is 13.7. The first-order valence-corrected chi connectivity index (χ1v) is 13.4. The lowest BCUT2D eigenvalue weighted by atomic mass is 10.1. The maximum absolute atomic E-state index is 13.7. The number of hydrogen-bond acceptors (Lipinski definition) is 5. The van der Waals surface area contributed by atoms with Crippen LogP contribution in [-0.2, 0) is 0 Å². The van der Waals surface area contributed by atoms with Crippen molar-refractivity contribution in [2.75, 3.05) is 66.8 Å². The number of rotatable bonds is 6. The molecule has 2 aliphatic rings. The van der Waals surface area contributed by atoms with Gasteiger partial charge in [-0.3, -0.25) is 4.79 Å². The number of piperazine rings is 1. The molecule has 0 saturated carbocycles. The van der Waals surface area contributed by atoms with E-state index in [1.165, 1.54) is 18.2 Å². The topological polar surface area (TPSA) is 77.1 Å². The second-order valence-corrected chi connectivity index (χ2v) is 9.82. The van der Waals surface area contributed by atoms with Crippen molar-refractivity contribution < 1.29 is 18.7 Å². The van der Waals surface area contributed by atoms with Crippen LogP contribution in [0.2, 0.25) is 0 Å². The number of nitrogens with one attached hydrogen (secondary N) is 2. The van der Waals surface area contributed by atoms with Gasteiger partial charge in [-0.25, -0.2) is 9.18 Å². The highest BCUT2D eigenvalue weighted by Crippen LogP contribution is 2.32. The number of amides is 3. The quantitative estimate of drug-likeness (QED) is 0.444. The lowest BCUT2D eigenvalue weighted by Gasteiger charge is -2.39. The van der Waals surface area contributed by atoms with E-state index in [2.05, 4.69) is 26.5 Å². The summed E-state index contributed by atoms with van der Waals surface area (Å²) in [5, 5.41) is 5.44. The van der Waals surface area contributed by atoms with Crippen LogP contribution in [0.25, 0.3) is 0 Å². The number of urea groups is 1. The fourth-order valence-corrected chi connectivity index (χ4v) is 5.27. The summed E-state index contributed by atoms with van der Waals surface area (Å²) in [7, 11) is 1.68. The van der Waals surface area contributed by atoms with E-state index in [0.717, 1.165) is 75.7 Å². The van der Waals surface area contributed by atoms with E-state index in [4.69, 9.17) is 4.74 Å². The third kappa shape index (κ3) is 6.25. The molecule has 0 aliphatic carbocycles. The fourth-order valence-electron chi connectivity index (χ4n) is 5.27. The van der Waals surface area contributed by atoms with Gasteiger partial charge in [0.2, 0.25) is 0 Å². The molecule has 2 aliphatic heterocycles. The molecular weight excluding hydrogens is 497 g/mol. The Labute approximate surface area is 228 Å². The molecule has 3 amide bonds. The van der Waals surface area contributed by atoms with Crippen molar-refractivity contribution in [3.8, 4) is 5.75 Å². The highest BCUT2D eigenvalue weighted by Gasteiger charge is 2.26. The van der Waals surface area contributed by atoms with Crippen LogP contribution in [0.15, 0.2) is 66.7 Å². The van der Waals surface area contributed by atoms with Crippen LogP contribution in [0.1, 0.15) is 29.6 Å². The summed E-state index contributed by atoms with van der Waals surface area (Å²) in [5.74, 6) is 0.391. The molecule has 2 heterocycles. The molecule has 2 saturated heterocycles. The SMILES string of the molecule is COc1ccccc1N1CCN(c2ccc(NC(=O)Nc3cccc(F)c3)cc2C(=O)N2CCCCC2)CC1. The van der Waals surface area contributed by atoms with Gasteiger partial charge in [0.05, 0.1) is 18.4 Å². The van der Waals surface area contributed by atoms with Crippen molar-refractivity contribution in [1.82, 2.24) is 4.90 Å². The molecule has 2 fully saturated rings. The number of carbonyl (C=O) groups is 2. The molecule has 2 N–H and O–H groups in total. The van der Waals surface area contributed by atoms with E-state index in [1.807, 2.05) is 29.2 Å². The molecule has 0 bridgehead atoms. The van der Waals surface area contributed by atoms with Gasteiger partial charge in [-0.15, -0.1) is 0 Å². The summed E-state index contributed by atoms with van der Waals surface area (Å²) in [6.45, 7) is 4.52. The standard InChI is InChI=1S/C30H34FN5O3/c1-39-28-11-4-3-10-27(28)35-18-16-34(17-19-35)26-13-12-24(21-25(26)29(37)36-14-5-2-6-15-36)33-30(38)32-23-9-7-8-22(31)20-23/h3-4,7-13,20-21H,2,5-6,14-19H2,1H3,(H2,32,33,38). The summed E-state index contributed by atoms with van der Waals surface area (Å²) in [6.07, 6.45) is 3.11. The minimum atomic E-state index is -0.504. The third-order valence-electron chi connectivity index (χ3n) is 7.26. The second-order valence-electron chi connectivity index (χ2n) is 9.82. The van der Waals surface area contributed by atoms with Crippen molar-refractivity contribution in [3.63, 3.8) is 0 Å². The van der Waals surface area contributed by atoms with Crippen molar-refractivity contribution in [1.29, 1.82) is 0 Å². The van der Waals surface area contributed by atoms with Gasteiger partial charge >= 0.3 is 6.03 Å². The number of methoxy groups -OCH3 is 1. The Morgan fingerprint density at radius 3 is 2.10 bits per heavy atom. The highest BCUT2D eigenvalue weighted by molar-refractivity contribution is 6.04. The fraction of sp³-hybridized carbons (Fsp3) is 0.333. The van der Waals surface area contributed by atoms with Gasteiger partial charge in [-0.2, -0.15) is 0 Å². The molecule has 39 heavy (non-hydrogen) atoms. The first kappa shape index (κ1) is 26.3. The zero-order chi connectivity index (χ0) is 27.2. The Morgan fingerprint density at radius 2 is 1.41 bits per heavy atom. The number of piperidine rings is 1. The average Bonchev–Trinajstić information content (AvgIpc) is 2.97. The van der Waals surface area contributed by atoms with E-state index in [1.54, 1.807) is 25.3 Å². The minimum absolute atomic E-state index is 0.0222. The first-order valence-electron chi connectivity index (χ1n) is 13.4. The molecule has 0 aromatic heterocycles. The van der Waals surface area contributed by atoms with Crippen molar-refractivity contribution in [2.45, 2.75) is 19.3 Å². The van der Waals surface area contributed by atoms with E-state index >= 15 is 0 Å². The Morgan fingerprint density at radius 1 is 0.744 bits per heavy atom. The van der Waals surface area contributed by atoms with Gasteiger partial charge in [-0.1, -0.05) is 18.2 Å². The average molecular weight is 532 g/mol. The molecule has 5 rings (SSSR count). The van der Waals surface area contributed by atoms with Gasteiger partial charge < -0.3 is 30.1 Å². The van der Waals surface area contributed by atoms with E-state index in [9.17, 15) is 14.0 Å². The van der Waals surface area contributed by atoms with Crippen molar-refractivity contribution in [3.05, 3.63) is 78.1 Å². The van der Waals surface area contributed by atoms with E-state index in [-0.39, 0.29) is 5.91 Å². The number of anilines is 4. The van der Waals surface area contributed by atoms with E-state index in [0.29, 0.717) is 16.9 Å². The summed E-state index contributed by atoms with van der Waals surface area (Å²) in [5.41, 5.74) is 3.35. The van der Waals surface area contributed by atoms with Crippen LogP contribution in [0.5, 0.6) is 5.75 Å². The predicted octanol–water partition coefficient (Wildman–Crippen LogP) is 5.43. The molecule has 0 atom stereocenters. The van der Waals surface area contributed by atoms with Gasteiger partial charge in [-0.05, 0) is 67.8 Å². The molecule has 0 spiro atoms. The third-order valence-corrected chi connectivity index (χ3v) is 7.26. The number of nitrogens with zero attached hydrogens (tertiary/aromatic N) is 3. The smallest absolute Gasteiger partial charge is 0.323 e. The van der Waals surface area contributed by atoms with Crippen LogP contribution in [0.4, 0.5) is 31.9 Å². The molecular formula is C30H34FN5O3. The summed E-state index contributed by atoms with van der Waals surface area (Å²) < 4.78 is 19.1. The molecule has 9 heteroatoms. The van der Waals surface area contributed by atoms with Crippen molar-refractivity contribution >= 4 is 34.7 Å². The largest absolute Gasteiger partial charge is 0.495 e. The van der Waals surface area contributed by atoms with Gasteiger partial charge in [0.15, 0.2) is 0 Å². The van der Waals surface area contributed by atoms with Gasteiger partial charge in [0.25, 0.3) is 5.91 Å². The number of ether oxygens (including phenoxy) is 1. The van der Waals surface area contributed by atoms with Gasteiger partial charge in [0.1, 0.15) is 11.6 Å². The second kappa shape index (κ2) is 12.1. The highest BCUT2D eigenvalue weighted by atomic mass is 19.1. The number of carbonyl (C=O) groups excluding carboxylic acids is 2. The molecule has 204 valence electrons. The monoisotopic (exact) mass is 531 g/mol. The number of halogens is 1. The van der Waals surface area contributed by atoms with E-state index < -0.39 is 11.8 Å². The summed E-state index contributed by atoms with van der Waals surface area (Å²) in [6, 6.07) is 18.7. The van der Waals surface area contributed by atoms with Crippen LogP contribution in [0, 0.1) is 5.82 Å². The first-order chi connectivity index (χ1) is 19.0. The molecule has 3 aromatic carbocycles. The molecule has 8 nitrogen and oxygen atoms in total. The maximum Gasteiger partial charge on any atom is 0.323 e. The van der Waals surface area contributed by atoms with Gasteiger partial charge in [0, 0.05) is 56.3 Å². The Hall–Kier alpha value is -4.27. The minimum Gasteiger partial charge on any atom is -0.495 e. The number of benzene rings is 3. The Bertz CT molecular complexity index is 1320. The zero-order valence-corrected chi connectivity index (χ0v) is 22.2. The lowest BCUT2D eigenvalue weighted by molar-refractivity contribution is 0.0725. The summed E-state index contributed by atoms with van der Waals surface area (Å²) >= 11 is 0. The van der Waals surface area contributed by atoms with Crippen LogP contribution < -0.4 is 25.2 Å². The predicted molar refractivity (Wildman–Crippen MR) is 153 cm³/mol. The Balaban J connectivity index is 1.35. The zero-order valence-electron chi connectivity index (χ0n) is 22.2. The number of hydrogen-bond donors (Lipinski definition) is 2. The normalized spacial score (nSPS) is 15.6. The van der Waals surface area contributed by atoms with Crippen LogP contribution in [-0.4, -0.2) is 63.2 Å². The number of likely N-dealkylation sites (tertiary alicyclic amines) is 1. The molecule has 3 aromatic rings. The summed E-state index contributed by atoms with van der Waals surface area (Å²) in [4.78, 5) is 32.8. The van der Waals surface area contributed by atoms with Crippen molar-refractivity contribution in [2.24, 2.45) is 0 Å². The van der Waals surface area contributed by atoms with Crippen LogP contribution >= 0.6 is 0 Å². The Kier molecular flexibility index (Phi) is 8.15. The molecule has 0 unspecified atom stereocenters. The lowest BCUT2D eigenvalue weighted by Crippen LogP contribution is -2.47.